The summed E-state index contributed by atoms with van der Waals surface area (Å²) in [5.41, 5.74) is 2.03. The fourth-order valence-corrected chi connectivity index (χ4v) is 3.71. The molecule has 0 bridgehead atoms. The quantitative estimate of drug-likeness (QED) is 0.457. The van der Waals surface area contributed by atoms with Crippen molar-refractivity contribution in [3.63, 3.8) is 0 Å². The van der Waals surface area contributed by atoms with Gasteiger partial charge >= 0.3 is 0 Å². The lowest BCUT2D eigenvalue weighted by Gasteiger charge is -2.30. The summed E-state index contributed by atoms with van der Waals surface area (Å²) in [5, 5.41) is 13.7. The highest BCUT2D eigenvalue weighted by Crippen LogP contribution is 2.28. The van der Waals surface area contributed by atoms with Crippen LogP contribution in [0.5, 0.6) is 5.75 Å². The van der Waals surface area contributed by atoms with Crippen LogP contribution in [0, 0.1) is 6.92 Å². The van der Waals surface area contributed by atoms with Crippen LogP contribution in [-0.4, -0.2) is 70.2 Å². The molecule has 1 aromatic heterocycles. The maximum atomic E-state index is 13.6. The third-order valence-corrected chi connectivity index (χ3v) is 6.03. The third kappa shape index (κ3) is 6.64. The van der Waals surface area contributed by atoms with Gasteiger partial charge in [0.05, 0.1) is 12.3 Å². The molecule has 0 fully saturated rings. The first kappa shape index (κ1) is 26.3. The number of pyridine rings is 1. The molecular formula is C25H32ClN5O4. The fourth-order valence-electron chi connectivity index (χ4n) is 3.59. The first-order chi connectivity index (χ1) is 16.7. The zero-order valence-corrected chi connectivity index (χ0v) is 21.2. The van der Waals surface area contributed by atoms with Crippen molar-refractivity contribution < 1.29 is 19.4 Å². The number of carbonyl (C=O) groups excluding carboxylic acids is 2. The Morgan fingerprint density at radius 3 is 2.60 bits per heavy atom. The Morgan fingerprint density at radius 2 is 2.00 bits per heavy atom. The standard InChI is InChI=1S/C25H32ClN5O4/c1-5-20(33)12-13-29(3)24(34)22-23(30(4)16-32)28-25(35-21-11-6-17(2)27-14-21)31(22)15-18-7-9-19(26)10-8-18/h6-11,14,16,20,25,28,33H,5,12-13,15H2,1-4H3. The average Bonchev–Trinajstić information content (AvgIpc) is 3.21. The largest absolute Gasteiger partial charge is 0.451 e. The average molecular weight is 502 g/mol. The van der Waals surface area contributed by atoms with E-state index in [1.54, 1.807) is 48.3 Å². The van der Waals surface area contributed by atoms with Crippen LogP contribution >= 0.6 is 11.6 Å². The number of nitrogens with zero attached hydrogens (tertiary/aromatic N) is 4. The molecule has 35 heavy (non-hydrogen) atoms. The Hall–Kier alpha value is -3.30. The van der Waals surface area contributed by atoms with Crippen LogP contribution in [0.3, 0.4) is 0 Å². The summed E-state index contributed by atoms with van der Waals surface area (Å²) in [4.78, 5) is 34.2. The van der Waals surface area contributed by atoms with E-state index in [1.807, 2.05) is 32.0 Å². The van der Waals surface area contributed by atoms with Crippen LogP contribution in [0.1, 0.15) is 31.0 Å². The van der Waals surface area contributed by atoms with Gasteiger partial charge in [-0.05, 0) is 49.6 Å². The Labute approximate surface area is 210 Å². The van der Waals surface area contributed by atoms with Gasteiger partial charge in [-0.25, -0.2) is 0 Å². The molecule has 1 aliphatic rings. The normalized spacial score (nSPS) is 16.1. The van der Waals surface area contributed by atoms with Crippen LogP contribution in [0.15, 0.2) is 54.1 Å². The lowest BCUT2D eigenvalue weighted by atomic mass is 10.2. The predicted molar refractivity (Wildman–Crippen MR) is 133 cm³/mol. The van der Waals surface area contributed by atoms with Crippen molar-refractivity contribution in [1.29, 1.82) is 0 Å². The van der Waals surface area contributed by atoms with Gasteiger partial charge in [0.25, 0.3) is 12.3 Å². The number of carbonyl (C=O) groups is 2. The highest BCUT2D eigenvalue weighted by atomic mass is 35.5. The number of ether oxygens (including phenoxy) is 1. The molecule has 2 N–H and O–H groups in total. The van der Waals surface area contributed by atoms with Crippen LogP contribution < -0.4 is 10.1 Å². The van der Waals surface area contributed by atoms with E-state index in [2.05, 4.69) is 10.3 Å². The van der Waals surface area contributed by atoms with Gasteiger partial charge in [0.15, 0.2) is 0 Å². The fraction of sp³-hybridized carbons (Fsp3) is 0.400. The van der Waals surface area contributed by atoms with Crippen molar-refractivity contribution in [2.45, 2.75) is 45.7 Å². The van der Waals surface area contributed by atoms with Crippen LogP contribution in [0.2, 0.25) is 5.02 Å². The second-order valence-electron chi connectivity index (χ2n) is 8.50. The minimum absolute atomic E-state index is 0.285. The summed E-state index contributed by atoms with van der Waals surface area (Å²) in [6, 6.07) is 10.9. The van der Waals surface area contributed by atoms with E-state index >= 15 is 0 Å². The SMILES string of the molecule is CCC(O)CCN(C)C(=O)C1=C(N(C)C=O)NC(Oc2ccc(C)nc2)N1Cc1ccc(Cl)cc1. The zero-order valence-electron chi connectivity index (χ0n) is 20.4. The summed E-state index contributed by atoms with van der Waals surface area (Å²) in [6.45, 7) is 4.45. The molecule has 0 spiro atoms. The maximum absolute atomic E-state index is 13.6. The number of aryl methyl sites for hydroxylation is 1. The van der Waals surface area contributed by atoms with Crippen molar-refractivity contribution in [3.8, 4) is 5.75 Å². The molecular weight excluding hydrogens is 470 g/mol. The number of aliphatic hydroxyl groups excluding tert-OH is 1. The van der Waals surface area contributed by atoms with Gasteiger partial charge in [0, 0.05) is 37.9 Å². The second kappa shape index (κ2) is 11.9. The number of benzene rings is 1. The van der Waals surface area contributed by atoms with Crippen molar-refractivity contribution in [2.24, 2.45) is 0 Å². The summed E-state index contributed by atoms with van der Waals surface area (Å²) >= 11 is 6.06. The Morgan fingerprint density at radius 1 is 1.29 bits per heavy atom. The summed E-state index contributed by atoms with van der Waals surface area (Å²) in [5.74, 6) is 0.536. The van der Waals surface area contributed by atoms with Crippen LogP contribution in [0.4, 0.5) is 0 Å². The van der Waals surface area contributed by atoms with Gasteiger partial charge in [-0.3, -0.25) is 14.6 Å². The molecule has 0 saturated heterocycles. The summed E-state index contributed by atoms with van der Waals surface area (Å²) in [6.07, 6.45) is 2.03. The van der Waals surface area contributed by atoms with Crippen molar-refractivity contribution >= 4 is 23.9 Å². The topological polar surface area (TPSA) is 98.2 Å². The predicted octanol–water partition coefficient (Wildman–Crippen LogP) is 2.69. The van der Waals surface area contributed by atoms with Gasteiger partial charge in [-0.15, -0.1) is 0 Å². The van der Waals surface area contributed by atoms with E-state index in [1.165, 1.54) is 4.90 Å². The monoisotopic (exact) mass is 501 g/mol. The van der Waals surface area contributed by atoms with E-state index in [0.717, 1.165) is 11.3 Å². The zero-order chi connectivity index (χ0) is 25.5. The molecule has 2 amide bonds. The van der Waals surface area contributed by atoms with E-state index in [9.17, 15) is 14.7 Å². The smallest absolute Gasteiger partial charge is 0.273 e. The van der Waals surface area contributed by atoms with Gasteiger partial charge in [0.2, 0.25) is 6.41 Å². The molecule has 2 aromatic rings. The Bertz CT molecular complexity index is 1040. The van der Waals surface area contributed by atoms with E-state index in [4.69, 9.17) is 16.3 Å². The van der Waals surface area contributed by atoms with E-state index in [-0.39, 0.29) is 11.6 Å². The minimum Gasteiger partial charge on any atom is -0.451 e. The molecule has 3 rings (SSSR count). The third-order valence-electron chi connectivity index (χ3n) is 5.78. The van der Waals surface area contributed by atoms with Crippen LogP contribution in [0.25, 0.3) is 0 Å². The van der Waals surface area contributed by atoms with Crippen molar-refractivity contribution in [2.75, 3.05) is 20.6 Å². The second-order valence-corrected chi connectivity index (χ2v) is 8.93. The number of nitrogens with one attached hydrogen (secondary N) is 1. The molecule has 2 atom stereocenters. The number of likely N-dealkylation sites (N-methyl/N-ethyl adjacent to an activating group) is 1. The minimum atomic E-state index is -0.777. The molecule has 10 heteroatoms. The highest BCUT2D eigenvalue weighted by molar-refractivity contribution is 6.30. The number of hydrogen-bond donors (Lipinski definition) is 2. The van der Waals surface area contributed by atoms with Gasteiger partial charge in [-0.1, -0.05) is 30.7 Å². The lowest BCUT2D eigenvalue weighted by molar-refractivity contribution is -0.129. The van der Waals surface area contributed by atoms with Crippen molar-refractivity contribution in [1.82, 2.24) is 25.0 Å². The molecule has 188 valence electrons. The first-order valence-corrected chi connectivity index (χ1v) is 11.8. The molecule has 0 aliphatic carbocycles. The number of rotatable bonds is 11. The number of aliphatic hydroxyl groups is 1. The van der Waals surface area contributed by atoms with E-state index in [0.29, 0.717) is 48.9 Å². The number of amides is 2. The van der Waals surface area contributed by atoms with Gasteiger partial charge in [0.1, 0.15) is 17.3 Å². The number of hydrogen-bond acceptors (Lipinski definition) is 7. The molecule has 2 unspecified atom stereocenters. The summed E-state index contributed by atoms with van der Waals surface area (Å²) < 4.78 is 6.17. The Kier molecular flexibility index (Phi) is 8.95. The van der Waals surface area contributed by atoms with Gasteiger partial charge < -0.3 is 29.9 Å². The molecule has 1 aromatic carbocycles. The van der Waals surface area contributed by atoms with Gasteiger partial charge in [-0.2, -0.15) is 0 Å². The molecule has 0 saturated carbocycles. The number of aromatic nitrogens is 1. The molecule has 2 heterocycles. The summed E-state index contributed by atoms with van der Waals surface area (Å²) in [7, 11) is 3.24. The molecule has 9 nitrogen and oxygen atoms in total. The maximum Gasteiger partial charge on any atom is 0.273 e. The first-order valence-electron chi connectivity index (χ1n) is 11.5. The molecule has 0 radical (unpaired) electrons. The van der Waals surface area contributed by atoms with Crippen LogP contribution in [-0.2, 0) is 16.1 Å². The Balaban J connectivity index is 1.96. The lowest BCUT2D eigenvalue weighted by Crippen LogP contribution is -2.44. The number of halogens is 1. The highest BCUT2D eigenvalue weighted by Gasteiger charge is 2.39. The molecule has 1 aliphatic heterocycles. The van der Waals surface area contributed by atoms with E-state index < -0.39 is 12.5 Å². The van der Waals surface area contributed by atoms with Crippen molar-refractivity contribution in [3.05, 3.63) is 70.4 Å².